The molecule has 18 heavy (non-hydrogen) atoms. The summed E-state index contributed by atoms with van der Waals surface area (Å²) in [5.74, 6) is 0.0529. The Kier molecular flexibility index (Phi) is 4.32. The molecule has 1 aliphatic heterocycles. The first-order valence-corrected chi connectivity index (χ1v) is 6.14. The number of nitriles is 1. The normalized spacial score (nSPS) is 15.2. The molecule has 2 rings (SSSR count). The van der Waals surface area contributed by atoms with E-state index in [2.05, 4.69) is 6.07 Å². The van der Waals surface area contributed by atoms with Crippen molar-refractivity contribution in [3.05, 3.63) is 35.4 Å². The first-order valence-electron chi connectivity index (χ1n) is 6.14. The van der Waals surface area contributed by atoms with Gasteiger partial charge in [-0.3, -0.25) is 4.79 Å². The van der Waals surface area contributed by atoms with Gasteiger partial charge >= 0.3 is 0 Å². The van der Waals surface area contributed by atoms with Gasteiger partial charge in [-0.15, -0.1) is 0 Å². The van der Waals surface area contributed by atoms with E-state index in [9.17, 15) is 4.79 Å². The summed E-state index contributed by atoms with van der Waals surface area (Å²) in [6.45, 7) is 2.53. The SMILES string of the molecule is N#CCCc1cccc(C(=O)N2CCOCC2)c1. The summed E-state index contributed by atoms with van der Waals surface area (Å²) >= 11 is 0. The average molecular weight is 244 g/mol. The van der Waals surface area contributed by atoms with Gasteiger partial charge in [0.2, 0.25) is 0 Å². The zero-order valence-corrected chi connectivity index (χ0v) is 10.3. The van der Waals surface area contributed by atoms with E-state index in [4.69, 9.17) is 10.00 Å². The van der Waals surface area contributed by atoms with Crippen molar-refractivity contribution in [2.75, 3.05) is 26.3 Å². The van der Waals surface area contributed by atoms with Gasteiger partial charge in [0.15, 0.2) is 0 Å². The molecule has 0 saturated carbocycles. The zero-order valence-electron chi connectivity index (χ0n) is 10.3. The molecule has 94 valence electrons. The molecule has 0 aromatic heterocycles. The van der Waals surface area contributed by atoms with Gasteiger partial charge in [-0.1, -0.05) is 12.1 Å². The summed E-state index contributed by atoms with van der Waals surface area (Å²) in [6, 6.07) is 9.65. The van der Waals surface area contributed by atoms with Crippen molar-refractivity contribution in [2.24, 2.45) is 0 Å². The van der Waals surface area contributed by atoms with E-state index in [0.29, 0.717) is 44.7 Å². The number of hydrogen-bond donors (Lipinski definition) is 0. The van der Waals surface area contributed by atoms with Crippen molar-refractivity contribution in [3.63, 3.8) is 0 Å². The molecule has 1 amide bonds. The Morgan fingerprint density at radius 2 is 2.17 bits per heavy atom. The number of morpholine rings is 1. The topological polar surface area (TPSA) is 53.3 Å². The maximum Gasteiger partial charge on any atom is 0.254 e. The number of benzene rings is 1. The number of carbonyl (C=O) groups excluding carboxylic acids is 1. The van der Waals surface area contributed by atoms with Crippen LogP contribution in [-0.4, -0.2) is 37.1 Å². The third kappa shape index (κ3) is 3.08. The first kappa shape index (κ1) is 12.6. The van der Waals surface area contributed by atoms with Crippen LogP contribution in [0.5, 0.6) is 0 Å². The molecule has 0 radical (unpaired) electrons. The summed E-state index contributed by atoms with van der Waals surface area (Å²) in [4.78, 5) is 14.0. The summed E-state index contributed by atoms with van der Waals surface area (Å²) in [7, 11) is 0. The Labute approximate surface area is 107 Å². The van der Waals surface area contributed by atoms with Crippen molar-refractivity contribution in [3.8, 4) is 6.07 Å². The highest BCUT2D eigenvalue weighted by atomic mass is 16.5. The molecule has 1 aliphatic rings. The Morgan fingerprint density at radius 1 is 1.39 bits per heavy atom. The molecule has 1 saturated heterocycles. The number of carbonyl (C=O) groups is 1. The van der Waals surface area contributed by atoms with Crippen LogP contribution in [0, 0.1) is 11.3 Å². The molecule has 0 atom stereocenters. The second-order valence-corrected chi connectivity index (χ2v) is 4.26. The molecule has 4 heteroatoms. The standard InChI is InChI=1S/C14H16N2O2/c15-6-2-4-12-3-1-5-13(11-12)14(17)16-7-9-18-10-8-16/h1,3,5,11H,2,4,7-10H2. The number of rotatable bonds is 3. The van der Waals surface area contributed by atoms with Crippen molar-refractivity contribution in [2.45, 2.75) is 12.8 Å². The lowest BCUT2D eigenvalue weighted by molar-refractivity contribution is 0.0303. The van der Waals surface area contributed by atoms with Crippen molar-refractivity contribution < 1.29 is 9.53 Å². The van der Waals surface area contributed by atoms with Crippen LogP contribution in [0.25, 0.3) is 0 Å². The van der Waals surface area contributed by atoms with Gasteiger partial charge in [-0.05, 0) is 24.1 Å². The fraction of sp³-hybridized carbons (Fsp3) is 0.429. The van der Waals surface area contributed by atoms with Crippen LogP contribution >= 0.6 is 0 Å². The second kappa shape index (κ2) is 6.18. The number of amides is 1. The Morgan fingerprint density at radius 3 is 2.89 bits per heavy atom. The van der Waals surface area contributed by atoms with Crippen LogP contribution in [0.3, 0.4) is 0 Å². The van der Waals surface area contributed by atoms with E-state index in [-0.39, 0.29) is 5.91 Å². The fourth-order valence-electron chi connectivity index (χ4n) is 2.01. The van der Waals surface area contributed by atoms with Crippen LogP contribution < -0.4 is 0 Å². The fourth-order valence-corrected chi connectivity index (χ4v) is 2.01. The van der Waals surface area contributed by atoms with Gasteiger partial charge in [-0.25, -0.2) is 0 Å². The average Bonchev–Trinajstić information content (AvgIpc) is 2.45. The van der Waals surface area contributed by atoms with Gasteiger partial charge in [0, 0.05) is 25.1 Å². The van der Waals surface area contributed by atoms with Crippen LogP contribution in [0.1, 0.15) is 22.3 Å². The van der Waals surface area contributed by atoms with Gasteiger partial charge in [0.05, 0.1) is 19.3 Å². The minimum absolute atomic E-state index is 0.0529. The second-order valence-electron chi connectivity index (χ2n) is 4.26. The lowest BCUT2D eigenvalue weighted by Crippen LogP contribution is -2.40. The largest absolute Gasteiger partial charge is 0.378 e. The van der Waals surface area contributed by atoms with Crippen molar-refractivity contribution >= 4 is 5.91 Å². The lowest BCUT2D eigenvalue weighted by Gasteiger charge is -2.27. The van der Waals surface area contributed by atoms with E-state index >= 15 is 0 Å². The number of aryl methyl sites for hydroxylation is 1. The van der Waals surface area contributed by atoms with Crippen LogP contribution in [0.2, 0.25) is 0 Å². The number of nitrogens with zero attached hydrogens (tertiary/aromatic N) is 2. The zero-order chi connectivity index (χ0) is 12.8. The molecule has 0 unspecified atom stereocenters. The highest BCUT2D eigenvalue weighted by Gasteiger charge is 2.18. The number of hydrogen-bond acceptors (Lipinski definition) is 3. The van der Waals surface area contributed by atoms with Gasteiger partial charge in [0.25, 0.3) is 5.91 Å². The molecule has 1 heterocycles. The molecule has 1 aromatic rings. The maximum absolute atomic E-state index is 12.2. The molecule has 4 nitrogen and oxygen atoms in total. The van der Waals surface area contributed by atoms with Crippen LogP contribution in [-0.2, 0) is 11.2 Å². The highest BCUT2D eigenvalue weighted by Crippen LogP contribution is 2.11. The molecule has 1 aromatic carbocycles. The minimum atomic E-state index is 0.0529. The molecule has 0 N–H and O–H groups in total. The highest BCUT2D eigenvalue weighted by molar-refractivity contribution is 5.94. The van der Waals surface area contributed by atoms with Crippen molar-refractivity contribution in [1.29, 1.82) is 5.26 Å². The Bertz CT molecular complexity index is 459. The summed E-state index contributed by atoms with van der Waals surface area (Å²) in [5, 5.41) is 8.57. The van der Waals surface area contributed by atoms with E-state index < -0.39 is 0 Å². The quantitative estimate of drug-likeness (QED) is 0.811. The lowest BCUT2D eigenvalue weighted by atomic mass is 10.1. The van der Waals surface area contributed by atoms with Gasteiger partial charge in [0.1, 0.15) is 0 Å². The van der Waals surface area contributed by atoms with E-state index in [1.165, 1.54) is 0 Å². The smallest absolute Gasteiger partial charge is 0.254 e. The summed E-state index contributed by atoms with van der Waals surface area (Å²) in [6.07, 6.45) is 1.18. The molecule has 1 fully saturated rings. The predicted octanol–water partition coefficient (Wildman–Crippen LogP) is 1.62. The molecule has 0 aliphatic carbocycles. The first-order chi connectivity index (χ1) is 8.81. The summed E-state index contributed by atoms with van der Waals surface area (Å²) in [5.41, 5.74) is 1.74. The Balaban J connectivity index is 2.07. The molecular weight excluding hydrogens is 228 g/mol. The van der Waals surface area contributed by atoms with Crippen molar-refractivity contribution in [1.82, 2.24) is 4.90 Å². The monoisotopic (exact) mass is 244 g/mol. The Hall–Kier alpha value is -1.86. The van der Waals surface area contributed by atoms with E-state index in [0.717, 1.165) is 5.56 Å². The predicted molar refractivity (Wildman–Crippen MR) is 67.1 cm³/mol. The molecular formula is C14H16N2O2. The molecule has 0 bridgehead atoms. The van der Waals surface area contributed by atoms with Crippen LogP contribution in [0.15, 0.2) is 24.3 Å². The number of ether oxygens (including phenoxy) is 1. The molecule has 0 spiro atoms. The summed E-state index contributed by atoms with van der Waals surface area (Å²) < 4.78 is 5.23. The third-order valence-electron chi connectivity index (χ3n) is 3.00. The maximum atomic E-state index is 12.2. The minimum Gasteiger partial charge on any atom is -0.378 e. The van der Waals surface area contributed by atoms with E-state index in [1.54, 1.807) is 0 Å². The van der Waals surface area contributed by atoms with Gasteiger partial charge in [-0.2, -0.15) is 5.26 Å². The van der Waals surface area contributed by atoms with Gasteiger partial charge < -0.3 is 9.64 Å². The van der Waals surface area contributed by atoms with E-state index in [1.807, 2.05) is 29.2 Å². The third-order valence-corrected chi connectivity index (χ3v) is 3.00. The van der Waals surface area contributed by atoms with Crippen LogP contribution in [0.4, 0.5) is 0 Å².